The fourth-order valence-electron chi connectivity index (χ4n) is 0.241. The minimum atomic E-state index is 1.40. The first-order chi connectivity index (χ1) is 3.91. The lowest BCUT2D eigenvalue weighted by atomic mass is 10.4. The molecule has 0 rings (SSSR count). The van der Waals surface area contributed by atoms with Crippen molar-refractivity contribution in [3.63, 3.8) is 0 Å². The molecule has 0 N–H and O–H groups in total. The van der Waals surface area contributed by atoms with Crippen molar-refractivity contribution in [2.45, 2.75) is 0 Å². The topological polar surface area (TPSA) is 23.8 Å². The molecule has 0 atom stereocenters. The van der Waals surface area contributed by atoms with Crippen molar-refractivity contribution in [2.75, 3.05) is 0 Å². The molecule has 0 unspecified atom stereocenters. The molecule has 40 valence electrons. The Balaban J connectivity index is 3.46. The Kier molecular flexibility index (Phi) is 4.79. The van der Waals surface area contributed by atoms with Crippen LogP contribution in [-0.2, 0) is 0 Å². The zero-order valence-corrected chi connectivity index (χ0v) is 4.54. The van der Waals surface area contributed by atoms with E-state index < -0.39 is 0 Å². The summed E-state index contributed by atoms with van der Waals surface area (Å²) >= 11 is 0. The average Bonchev–Trinajstić information content (AvgIpc) is 1.81. The summed E-state index contributed by atoms with van der Waals surface area (Å²) in [6, 6.07) is 1.86. The second-order valence-electron chi connectivity index (χ2n) is 1.11. The molecule has 0 amide bonds. The third-order valence-electron chi connectivity index (χ3n) is 0.529. The van der Waals surface area contributed by atoms with Gasteiger partial charge in [0.25, 0.3) is 0 Å². The molecule has 0 aliphatic carbocycles. The Morgan fingerprint density at radius 1 is 1.25 bits per heavy atom. The van der Waals surface area contributed by atoms with Crippen LogP contribution in [0.3, 0.4) is 0 Å². The van der Waals surface area contributed by atoms with Gasteiger partial charge in [-0.3, -0.25) is 0 Å². The van der Waals surface area contributed by atoms with Crippen LogP contribution < -0.4 is 0 Å². The third-order valence-corrected chi connectivity index (χ3v) is 0.529. The van der Waals surface area contributed by atoms with E-state index in [1.54, 1.807) is 24.3 Å². The lowest BCUT2D eigenvalue weighted by molar-refractivity contribution is 1.53. The molecule has 0 saturated carbocycles. The molecule has 0 aliphatic rings. The average molecular weight is 105 g/mol. The first-order valence-corrected chi connectivity index (χ1v) is 2.25. The number of rotatable bonds is 2. The highest BCUT2D eigenvalue weighted by Crippen LogP contribution is 1.74. The predicted octanol–water partition coefficient (Wildman–Crippen LogP) is 1.81. The summed E-state index contributed by atoms with van der Waals surface area (Å²) in [5.74, 6) is 0. The molecule has 0 fully saturated rings. The molecule has 0 aromatic heterocycles. The molecule has 0 aliphatic heterocycles. The van der Waals surface area contributed by atoms with Gasteiger partial charge >= 0.3 is 0 Å². The quantitative estimate of drug-likeness (QED) is 0.388. The van der Waals surface area contributed by atoms with E-state index in [9.17, 15) is 0 Å². The lowest BCUT2D eigenvalue weighted by Gasteiger charge is -1.64. The second-order valence-corrected chi connectivity index (χ2v) is 1.11. The van der Waals surface area contributed by atoms with E-state index in [-0.39, 0.29) is 0 Å². The molecule has 0 aromatic carbocycles. The van der Waals surface area contributed by atoms with Gasteiger partial charge in [-0.1, -0.05) is 30.9 Å². The number of nitrogens with zero attached hydrogens (tertiary/aromatic N) is 1. The standard InChI is InChI=1S/C7H7N/c1-2-3-4-5-6-7-8/h2-6H,1H2/b4-3+,6-5-. The first-order valence-electron chi connectivity index (χ1n) is 2.25. The van der Waals surface area contributed by atoms with E-state index in [0.717, 1.165) is 0 Å². The monoisotopic (exact) mass is 105 g/mol. The SMILES string of the molecule is C=C/C=C/C=C\C#N. The molecule has 8 heavy (non-hydrogen) atoms. The maximum absolute atomic E-state index is 7.97. The van der Waals surface area contributed by atoms with Crippen molar-refractivity contribution in [3.8, 4) is 6.07 Å². The molecule has 0 saturated heterocycles. The van der Waals surface area contributed by atoms with E-state index >= 15 is 0 Å². The molecule has 0 radical (unpaired) electrons. The zero-order valence-electron chi connectivity index (χ0n) is 4.54. The van der Waals surface area contributed by atoms with Crippen LogP contribution >= 0.6 is 0 Å². The minimum absolute atomic E-state index is 1.40. The van der Waals surface area contributed by atoms with Crippen LogP contribution in [-0.4, -0.2) is 0 Å². The van der Waals surface area contributed by atoms with Crippen molar-refractivity contribution in [1.29, 1.82) is 5.26 Å². The van der Waals surface area contributed by atoms with Crippen molar-refractivity contribution in [3.05, 3.63) is 37.0 Å². The summed E-state index contributed by atoms with van der Waals surface area (Å²) in [7, 11) is 0. The highest BCUT2D eigenvalue weighted by Gasteiger charge is 1.56. The largest absolute Gasteiger partial charge is 0.193 e. The fraction of sp³-hybridized carbons (Fsp3) is 0. The Morgan fingerprint density at radius 2 is 2.00 bits per heavy atom. The normalized spacial score (nSPS) is 9.88. The van der Waals surface area contributed by atoms with E-state index in [4.69, 9.17) is 5.26 Å². The molecule has 1 nitrogen and oxygen atoms in total. The van der Waals surface area contributed by atoms with Gasteiger partial charge in [-0.15, -0.1) is 0 Å². The van der Waals surface area contributed by atoms with Gasteiger partial charge in [0.05, 0.1) is 6.07 Å². The maximum atomic E-state index is 7.97. The van der Waals surface area contributed by atoms with Crippen LogP contribution in [0.25, 0.3) is 0 Å². The number of hydrogen-bond acceptors (Lipinski definition) is 1. The lowest BCUT2D eigenvalue weighted by Crippen LogP contribution is -1.45. The number of allylic oxidation sites excluding steroid dienone is 5. The summed E-state index contributed by atoms with van der Waals surface area (Å²) in [5.41, 5.74) is 0. The zero-order chi connectivity index (χ0) is 6.24. The van der Waals surface area contributed by atoms with Crippen molar-refractivity contribution >= 4 is 0 Å². The van der Waals surface area contributed by atoms with Crippen molar-refractivity contribution in [2.24, 2.45) is 0 Å². The fourth-order valence-corrected chi connectivity index (χ4v) is 0.241. The molecule has 1 heteroatoms. The van der Waals surface area contributed by atoms with Crippen LogP contribution in [0.4, 0.5) is 0 Å². The molecule has 0 aromatic rings. The van der Waals surface area contributed by atoms with Crippen LogP contribution in [0.15, 0.2) is 37.0 Å². The first kappa shape index (κ1) is 6.71. The van der Waals surface area contributed by atoms with E-state index in [2.05, 4.69) is 6.58 Å². The van der Waals surface area contributed by atoms with Gasteiger partial charge in [0, 0.05) is 6.08 Å². The maximum Gasteiger partial charge on any atom is 0.0912 e. The van der Waals surface area contributed by atoms with Gasteiger partial charge < -0.3 is 0 Å². The van der Waals surface area contributed by atoms with E-state index in [1.165, 1.54) is 6.08 Å². The molecule has 0 spiro atoms. The van der Waals surface area contributed by atoms with Crippen molar-refractivity contribution < 1.29 is 0 Å². The van der Waals surface area contributed by atoms with Gasteiger partial charge in [-0.25, -0.2) is 0 Å². The second kappa shape index (κ2) is 5.71. The Bertz CT molecular complexity index is 146. The van der Waals surface area contributed by atoms with E-state index in [1.807, 2.05) is 6.07 Å². The number of hydrogen-bond donors (Lipinski definition) is 0. The highest BCUT2D eigenvalue weighted by atomic mass is 14.2. The Hall–Kier alpha value is -1.29. The van der Waals surface area contributed by atoms with Crippen LogP contribution in [0, 0.1) is 11.3 Å². The number of nitriles is 1. The van der Waals surface area contributed by atoms with Crippen molar-refractivity contribution in [1.82, 2.24) is 0 Å². The summed E-state index contributed by atoms with van der Waals surface area (Å²) < 4.78 is 0. The molecular formula is C7H7N. The predicted molar refractivity (Wildman–Crippen MR) is 34.1 cm³/mol. The highest BCUT2D eigenvalue weighted by molar-refractivity contribution is 5.14. The third kappa shape index (κ3) is 4.71. The Labute approximate surface area is 49.3 Å². The Morgan fingerprint density at radius 3 is 2.50 bits per heavy atom. The van der Waals surface area contributed by atoms with Gasteiger partial charge in [-0.05, 0) is 0 Å². The van der Waals surface area contributed by atoms with Gasteiger partial charge in [-0.2, -0.15) is 5.26 Å². The smallest absolute Gasteiger partial charge is 0.0912 e. The summed E-state index contributed by atoms with van der Waals surface area (Å²) in [6.45, 7) is 3.45. The van der Waals surface area contributed by atoms with Crippen LogP contribution in [0.2, 0.25) is 0 Å². The van der Waals surface area contributed by atoms with Crippen LogP contribution in [0.5, 0.6) is 0 Å². The van der Waals surface area contributed by atoms with Gasteiger partial charge in [0.1, 0.15) is 0 Å². The molecule has 0 heterocycles. The van der Waals surface area contributed by atoms with Crippen LogP contribution in [0.1, 0.15) is 0 Å². The summed E-state index contributed by atoms with van der Waals surface area (Å²) in [5, 5.41) is 7.97. The molecule has 0 bridgehead atoms. The summed E-state index contributed by atoms with van der Waals surface area (Å²) in [4.78, 5) is 0. The minimum Gasteiger partial charge on any atom is -0.193 e. The molecular weight excluding hydrogens is 98.1 g/mol. The summed E-state index contributed by atoms with van der Waals surface area (Å²) in [6.07, 6.45) is 8.22. The van der Waals surface area contributed by atoms with E-state index in [0.29, 0.717) is 0 Å². The van der Waals surface area contributed by atoms with Gasteiger partial charge in [0.2, 0.25) is 0 Å². The van der Waals surface area contributed by atoms with Gasteiger partial charge in [0.15, 0.2) is 0 Å².